The van der Waals surface area contributed by atoms with Crippen LogP contribution in [-0.4, -0.2) is 6.61 Å². The molecule has 0 atom stereocenters. The molecule has 0 heterocycles. The van der Waals surface area contributed by atoms with E-state index in [1.807, 2.05) is 13.0 Å². The molecule has 2 heteroatoms. The molecule has 52 valence electrons. The first-order valence-corrected chi connectivity index (χ1v) is 2.96. The van der Waals surface area contributed by atoms with E-state index in [0.717, 1.165) is 6.42 Å². The second-order valence-electron chi connectivity index (χ2n) is 1.45. The second kappa shape index (κ2) is 7.24. The van der Waals surface area contributed by atoms with Crippen molar-refractivity contribution in [2.24, 2.45) is 0 Å². The van der Waals surface area contributed by atoms with Crippen molar-refractivity contribution < 1.29 is 9.78 Å². The summed E-state index contributed by atoms with van der Waals surface area (Å²) in [6, 6.07) is 0. The van der Waals surface area contributed by atoms with Gasteiger partial charge < -0.3 is 4.89 Å². The molecule has 0 bridgehead atoms. The quantitative estimate of drug-likeness (QED) is 0.185. The molecular formula is C7H12O2. The van der Waals surface area contributed by atoms with Gasteiger partial charge in [0.05, 0.1) is 0 Å². The highest BCUT2D eigenvalue weighted by molar-refractivity contribution is 4.69. The van der Waals surface area contributed by atoms with Crippen LogP contribution >= 0.6 is 0 Å². The molecule has 0 aliphatic carbocycles. The van der Waals surface area contributed by atoms with Gasteiger partial charge in [-0.1, -0.05) is 13.0 Å². The van der Waals surface area contributed by atoms with Crippen LogP contribution in [0, 0.1) is 0 Å². The highest BCUT2D eigenvalue weighted by Gasteiger charge is 1.73. The molecule has 0 unspecified atom stereocenters. The lowest BCUT2D eigenvalue weighted by Gasteiger charge is -1.93. The maximum absolute atomic E-state index is 4.58. The van der Waals surface area contributed by atoms with Crippen LogP contribution in [0.4, 0.5) is 0 Å². The van der Waals surface area contributed by atoms with E-state index in [9.17, 15) is 0 Å². The number of hydrogen-bond acceptors (Lipinski definition) is 2. The van der Waals surface area contributed by atoms with Crippen molar-refractivity contribution in [2.45, 2.75) is 13.3 Å². The molecule has 0 rings (SSSR count). The summed E-state index contributed by atoms with van der Waals surface area (Å²) in [6.45, 7) is 5.90. The van der Waals surface area contributed by atoms with Crippen LogP contribution in [0.2, 0.25) is 0 Å². The molecule has 0 aromatic carbocycles. The molecular weight excluding hydrogens is 116 g/mol. The summed E-state index contributed by atoms with van der Waals surface area (Å²) in [7, 11) is 0. The van der Waals surface area contributed by atoms with E-state index in [4.69, 9.17) is 0 Å². The SMILES string of the molecule is C=CCOOC=CCC. The van der Waals surface area contributed by atoms with Crippen molar-refractivity contribution in [3.05, 3.63) is 25.0 Å². The molecule has 9 heavy (non-hydrogen) atoms. The number of hydrogen-bond donors (Lipinski definition) is 0. The van der Waals surface area contributed by atoms with Crippen LogP contribution in [-0.2, 0) is 9.78 Å². The summed E-state index contributed by atoms with van der Waals surface area (Å²) in [4.78, 5) is 9.14. The van der Waals surface area contributed by atoms with Crippen molar-refractivity contribution in [2.75, 3.05) is 6.61 Å². The molecule has 0 N–H and O–H groups in total. The molecule has 0 radical (unpaired) electrons. The lowest BCUT2D eigenvalue weighted by atomic mass is 10.5. The zero-order valence-corrected chi connectivity index (χ0v) is 5.67. The summed E-state index contributed by atoms with van der Waals surface area (Å²) in [5.41, 5.74) is 0. The third kappa shape index (κ3) is 7.24. The largest absolute Gasteiger partial charge is 0.346 e. The van der Waals surface area contributed by atoms with Gasteiger partial charge in [0.25, 0.3) is 0 Å². The minimum absolute atomic E-state index is 0.425. The minimum Gasteiger partial charge on any atom is -0.346 e. The fourth-order valence-corrected chi connectivity index (χ4v) is 0.262. The van der Waals surface area contributed by atoms with Crippen molar-refractivity contribution in [3.63, 3.8) is 0 Å². The van der Waals surface area contributed by atoms with E-state index >= 15 is 0 Å². The monoisotopic (exact) mass is 128 g/mol. The lowest BCUT2D eigenvalue weighted by molar-refractivity contribution is -0.238. The van der Waals surface area contributed by atoms with Crippen LogP contribution < -0.4 is 0 Å². The minimum atomic E-state index is 0.425. The predicted molar refractivity (Wildman–Crippen MR) is 36.7 cm³/mol. The Labute approximate surface area is 55.7 Å². The van der Waals surface area contributed by atoms with Crippen molar-refractivity contribution in [1.29, 1.82) is 0 Å². The molecule has 0 saturated carbocycles. The molecule has 0 aromatic rings. The van der Waals surface area contributed by atoms with Gasteiger partial charge in [0, 0.05) is 0 Å². The third-order valence-corrected chi connectivity index (χ3v) is 0.641. The van der Waals surface area contributed by atoms with Crippen LogP contribution in [0.15, 0.2) is 25.0 Å². The fourth-order valence-electron chi connectivity index (χ4n) is 0.262. The van der Waals surface area contributed by atoms with Gasteiger partial charge >= 0.3 is 0 Å². The maximum Gasteiger partial charge on any atom is 0.125 e. The average molecular weight is 128 g/mol. The standard InChI is InChI=1S/C7H12O2/c1-3-5-7-9-8-6-4-2/h4-5,7H,2-3,6H2,1H3. The highest BCUT2D eigenvalue weighted by Crippen LogP contribution is 1.83. The Balaban J connectivity index is 2.90. The van der Waals surface area contributed by atoms with Gasteiger partial charge in [-0.3, -0.25) is 0 Å². The molecule has 2 nitrogen and oxygen atoms in total. The van der Waals surface area contributed by atoms with Crippen LogP contribution in [0.5, 0.6) is 0 Å². The zero-order chi connectivity index (χ0) is 6.95. The normalized spacial score (nSPS) is 9.89. The number of rotatable bonds is 5. The first-order valence-electron chi connectivity index (χ1n) is 2.96. The van der Waals surface area contributed by atoms with E-state index in [-0.39, 0.29) is 0 Å². The summed E-state index contributed by atoms with van der Waals surface area (Å²) in [5.74, 6) is 0. The van der Waals surface area contributed by atoms with Gasteiger partial charge in [-0.25, -0.2) is 0 Å². The van der Waals surface area contributed by atoms with Crippen LogP contribution in [0.1, 0.15) is 13.3 Å². The van der Waals surface area contributed by atoms with E-state index in [1.54, 1.807) is 6.08 Å². The van der Waals surface area contributed by atoms with Crippen molar-refractivity contribution in [3.8, 4) is 0 Å². The van der Waals surface area contributed by atoms with Gasteiger partial charge in [0.15, 0.2) is 0 Å². The maximum atomic E-state index is 4.58. The second-order valence-corrected chi connectivity index (χ2v) is 1.45. The van der Waals surface area contributed by atoms with E-state index < -0.39 is 0 Å². The lowest BCUT2D eigenvalue weighted by Crippen LogP contribution is -1.85. The Morgan fingerprint density at radius 1 is 1.56 bits per heavy atom. The Morgan fingerprint density at radius 3 is 2.89 bits per heavy atom. The summed E-state index contributed by atoms with van der Waals surface area (Å²) >= 11 is 0. The smallest absolute Gasteiger partial charge is 0.125 e. The van der Waals surface area contributed by atoms with Crippen molar-refractivity contribution >= 4 is 0 Å². The molecule has 0 aromatic heterocycles. The first kappa shape index (κ1) is 8.24. The van der Waals surface area contributed by atoms with Crippen LogP contribution in [0.3, 0.4) is 0 Å². The Bertz CT molecular complexity index is 86.9. The zero-order valence-electron chi connectivity index (χ0n) is 5.67. The van der Waals surface area contributed by atoms with Gasteiger partial charge in [-0.2, -0.15) is 4.89 Å². The van der Waals surface area contributed by atoms with Gasteiger partial charge in [0.2, 0.25) is 0 Å². The van der Waals surface area contributed by atoms with E-state index in [0.29, 0.717) is 6.61 Å². The van der Waals surface area contributed by atoms with Gasteiger partial charge in [0.1, 0.15) is 12.9 Å². The molecule has 0 fully saturated rings. The first-order chi connectivity index (χ1) is 4.41. The topological polar surface area (TPSA) is 18.5 Å². The molecule has 0 spiro atoms. The Hall–Kier alpha value is -0.760. The predicted octanol–water partition coefficient (Wildman–Crippen LogP) is 2.04. The molecule has 0 amide bonds. The van der Waals surface area contributed by atoms with Crippen LogP contribution in [0.25, 0.3) is 0 Å². The molecule has 0 aliphatic rings. The van der Waals surface area contributed by atoms with Gasteiger partial charge in [-0.15, -0.1) is 6.58 Å². The number of allylic oxidation sites excluding steroid dienone is 1. The average Bonchev–Trinajstić information content (AvgIpc) is 1.89. The summed E-state index contributed by atoms with van der Waals surface area (Å²) in [6.07, 6.45) is 5.96. The Kier molecular flexibility index (Phi) is 6.63. The summed E-state index contributed by atoms with van der Waals surface area (Å²) < 4.78 is 0. The van der Waals surface area contributed by atoms with Gasteiger partial charge in [-0.05, 0) is 12.5 Å². The summed E-state index contributed by atoms with van der Waals surface area (Å²) in [5, 5.41) is 0. The molecule has 0 saturated heterocycles. The highest BCUT2D eigenvalue weighted by atomic mass is 17.2. The Morgan fingerprint density at radius 2 is 2.33 bits per heavy atom. The van der Waals surface area contributed by atoms with E-state index in [1.165, 1.54) is 6.26 Å². The van der Waals surface area contributed by atoms with E-state index in [2.05, 4.69) is 16.4 Å². The fraction of sp³-hybridized carbons (Fsp3) is 0.429. The third-order valence-electron chi connectivity index (χ3n) is 0.641. The van der Waals surface area contributed by atoms with Crippen molar-refractivity contribution in [1.82, 2.24) is 0 Å². The molecule has 0 aliphatic heterocycles.